The minimum atomic E-state index is -3.59. The third-order valence-electron chi connectivity index (χ3n) is 4.75. The second kappa shape index (κ2) is 5.05. The lowest BCUT2D eigenvalue weighted by Crippen LogP contribution is -2.41. The highest BCUT2D eigenvalue weighted by molar-refractivity contribution is 7.93. The summed E-state index contributed by atoms with van der Waals surface area (Å²) in [6.07, 6.45) is 0. The van der Waals surface area contributed by atoms with Crippen molar-refractivity contribution in [1.29, 1.82) is 0 Å². The lowest BCUT2D eigenvalue weighted by atomic mass is 9.84. The SMILES string of the molecule is CN1c2ccsc2C(=C(F)B2OC(C)(C)C(C)(C)O2)CS1(=O)=O. The predicted molar refractivity (Wildman–Crippen MR) is 90.6 cm³/mol. The molecule has 2 aliphatic rings. The molecule has 126 valence electrons. The van der Waals surface area contributed by atoms with Gasteiger partial charge in [0.15, 0.2) is 0 Å². The second-order valence-electron chi connectivity index (χ2n) is 6.77. The van der Waals surface area contributed by atoms with Gasteiger partial charge in [-0.2, -0.15) is 0 Å². The first-order chi connectivity index (χ1) is 10.5. The largest absolute Gasteiger partial charge is 0.525 e. The topological polar surface area (TPSA) is 55.8 Å². The number of rotatable bonds is 1. The average Bonchev–Trinajstić information content (AvgIpc) is 2.97. The Labute approximate surface area is 140 Å². The lowest BCUT2D eigenvalue weighted by Gasteiger charge is -2.32. The van der Waals surface area contributed by atoms with Gasteiger partial charge in [-0.1, -0.05) is 0 Å². The van der Waals surface area contributed by atoms with Crippen LogP contribution in [0.1, 0.15) is 32.6 Å². The van der Waals surface area contributed by atoms with Crippen LogP contribution < -0.4 is 4.31 Å². The fourth-order valence-electron chi connectivity index (χ4n) is 2.54. The van der Waals surface area contributed by atoms with Crippen molar-refractivity contribution in [3.05, 3.63) is 22.0 Å². The van der Waals surface area contributed by atoms with Gasteiger partial charge in [-0.25, -0.2) is 12.8 Å². The molecule has 2 aliphatic heterocycles. The normalized spacial score (nSPS) is 27.0. The predicted octanol–water partition coefficient (Wildman–Crippen LogP) is 2.84. The Kier molecular flexibility index (Phi) is 3.72. The summed E-state index contributed by atoms with van der Waals surface area (Å²) >= 11 is 1.31. The van der Waals surface area contributed by atoms with E-state index in [2.05, 4.69) is 0 Å². The van der Waals surface area contributed by atoms with Crippen LogP contribution >= 0.6 is 11.3 Å². The van der Waals surface area contributed by atoms with Crippen molar-refractivity contribution in [2.75, 3.05) is 17.1 Å². The van der Waals surface area contributed by atoms with Gasteiger partial charge in [0, 0.05) is 12.6 Å². The molecule has 3 rings (SSSR count). The van der Waals surface area contributed by atoms with Crippen LogP contribution in [0.2, 0.25) is 0 Å². The number of sulfonamides is 1. The molecule has 1 aromatic heterocycles. The molecule has 1 aromatic rings. The van der Waals surface area contributed by atoms with E-state index in [0.29, 0.717) is 10.6 Å². The molecule has 0 spiro atoms. The molecule has 5 nitrogen and oxygen atoms in total. The maximum atomic E-state index is 15.1. The molecule has 9 heteroatoms. The van der Waals surface area contributed by atoms with Gasteiger partial charge in [-0.3, -0.25) is 4.31 Å². The summed E-state index contributed by atoms with van der Waals surface area (Å²) in [5, 5.41) is 1.75. The summed E-state index contributed by atoms with van der Waals surface area (Å²) in [6, 6.07) is 1.67. The monoisotopic (exact) mass is 359 g/mol. The van der Waals surface area contributed by atoms with Crippen molar-refractivity contribution in [2.24, 2.45) is 0 Å². The highest BCUT2D eigenvalue weighted by atomic mass is 32.2. The van der Waals surface area contributed by atoms with Gasteiger partial charge in [0.05, 0.1) is 27.5 Å². The molecule has 1 fully saturated rings. The van der Waals surface area contributed by atoms with Crippen molar-refractivity contribution >= 4 is 39.7 Å². The van der Waals surface area contributed by atoms with E-state index in [-0.39, 0.29) is 5.57 Å². The number of halogens is 1. The Bertz CT molecular complexity index is 768. The zero-order valence-electron chi connectivity index (χ0n) is 13.7. The molecule has 0 atom stereocenters. The van der Waals surface area contributed by atoms with Crippen LogP contribution in [-0.2, 0) is 19.3 Å². The Morgan fingerprint density at radius 3 is 2.43 bits per heavy atom. The minimum absolute atomic E-state index is 0.131. The molecule has 3 heterocycles. The molecule has 0 radical (unpaired) electrons. The molecule has 0 bridgehead atoms. The van der Waals surface area contributed by atoms with E-state index in [0.717, 1.165) is 0 Å². The van der Waals surface area contributed by atoms with Gasteiger partial charge >= 0.3 is 7.12 Å². The number of anilines is 1. The van der Waals surface area contributed by atoms with E-state index in [1.807, 2.05) is 27.7 Å². The Balaban J connectivity index is 2.08. The molecule has 0 aliphatic carbocycles. The van der Waals surface area contributed by atoms with Crippen molar-refractivity contribution in [2.45, 2.75) is 38.9 Å². The Morgan fingerprint density at radius 2 is 1.87 bits per heavy atom. The summed E-state index contributed by atoms with van der Waals surface area (Å²) in [5.74, 6) is -0.396. The van der Waals surface area contributed by atoms with Crippen LogP contribution in [-0.4, -0.2) is 39.5 Å². The molecule has 0 N–H and O–H groups in total. The maximum absolute atomic E-state index is 15.1. The smallest absolute Gasteiger partial charge is 0.398 e. The van der Waals surface area contributed by atoms with Crippen molar-refractivity contribution in [3.63, 3.8) is 0 Å². The molecular formula is C14H19BFNO4S2. The molecule has 0 saturated carbocycles. The van der Waals surface area contributed by atoms with Gasteiger partial charge < -0.3 is 9.31 Å². The quantitative estimate of drug-likeness (QED) is 0.724. The highest BCUT2D eigenvalue weighted by Crippen LogP contribution is 2.44. The van der Waals surface area contributed by atoms with Crippen LogP contribution in [0, 0.1) is 0 Å². The number of hydrogen-bond acceptors (Lipinski definition) is 5. The van der Waals surface area contributed by atoms with Gasteiger partial charge in [0.1, 0.15) is 5.73 Å². The van der Waals surface area contributed by atoms with E-state index >= 15 is 4.39 Å². The molecule has 1 saturated heterocycles. The van der Waals surface area contributed by atoms with Crippen LogP contribution in [0.5, 0.6) is 0 Å². The van der Waals surface area contributed by atoms with Gasteiger partial charge in [-0.15, -0.1) is 11.3 Å². The zero-order chi connectivity index (χ0) is 17.2. The van der Waals surface area contributed by atoms with Crippen molar-refractivity contribution < 1.29 is 22.1 Å². The summed E-state index contributed by atoms with van der Waals surface area (Å²) in [7, 11) is -3.31. The molecular weight excluding hydrogens is 340 g/mol. The standard InChI is InChI=1S/C14H19BFNO4S2/c1-13(2)14(3,4)21-15(20-13)12(16)9-8-23(18,19)17(5)10-6-7-22-11(9)10/h6-7H,8H2,1-5H3. The first-order valence-corrected chi connectivity index (χ1v) is 9.74. The Morgan fingerprint density at radius 1 is 1.30 bits per heavy atom. The summed E-state index contributed by atoms with van der Waals surface area (Å²) < 4.78 is 52.2. The second-order valence-corrected chi connectivity index (χ2v) is 9.69. The summed E-state index contributed by atoms with van der Waals surface area (Å²) in [4.78, 5) is 0.606. The van der Waals surface area contributed by atoms with E-state index in [4.69, 9.17) is 9.31 Å². The number of thiophene rings is 1. The van der Waals surface area contributed by atoms with Crippen LogP contribution in [0.3, 0.4) is 0 Å². The van der Waals surface area contributed by atoms with Crippen LogP contribution in [0.25, 0.3) is 5.57 Å². The fourth-order valence-corrected chi connectivity index (χ4v) is 4.95. The number of fused-ring (bicyclic) bond motifs is 1. The Hall–Kier alpha value is -0.895. The van der Waals surface area contributed by atoms with Crippen LogP contribution in [0.4, 0.5) is 10.1 Å². The van der Waals surface area contributed by atoms with Gasteiger partial charge in [0.25, 0.3) is 0 Å². The minimum Gasteiger partial charge on any atom is -0.398 e. The van der Waals surface area contributed by atoms with Crippen LogP contribution in [0.15, 0.2) is 17.2 Å². The summed E-state index contributed by atoms with van der Waals surface area (Å²) in [5.41, 5.74) is -1.41. The first kappa shape index (κ1) is 16.9. The van der Waals surface area contributed by atoms with Gasteiger partial charge in [-0.05, 0) is 39.1 Å². The fraction of sp³-hybridized carbons (Fsp3) is 0.571. The number of hydrogen-bond donors (Lipinski definition) is 0. The number of nitrogens with zero attached hydrogens (tertiary/aromatic N) is 1. The zero-order valence-corrected chi connectivity index (χ0v) is 15.3. The maximum Gasteiger partial charge on any atom is 0.525 e. The summed E-state index contributed by atoms with van der Waals surface area (Å²) in [6.45, 7) is 7.31. The van der Waals surface area contributed by atoms with E-state index in [1.54, 1.807) is 11.4 Å². The molecule has 0 amide bonds. The van der Waals surface area contributed by atoms with E-state index in [1.165, 1.54) is 22.7 Å². The first-order valence-electron chi connectivity index (χ1n) is 7.25. The molecule has 0 unspecified atom stereocenters. The van der Waals surface area contributed by atoms with Gasteiger partial charge in [0.2, 0.25) is 10.0 Å². The van der Waals surface area contributed by atoms with Crippen molar-refractivity contribution in [3.8, 4) is 0 Å². The van der Waals surface area contributed by atoms with Crippen molar-refractivity contribution in [1.82, 2.24) is 0 Å². The lowest BCUT2D eigenvalue weighted by molar-refractivity contribution is 0.00578. The van der Waals surface area contributed by atoms with E-state index < -0.39 is 39.8 Å². The average molecular weight is 359 g/mol. The third-order valence-corrected chi connectivity index (χ3v) is 7.40. The van der Waals surface area contributed by atoms with E-state index in [9.17, 15) is 8.42 Å². The highest BCUT2D eigenvalue weighted by Gasteiger charge is 2.54. The molecule has 23 heavy (non-hydrogen) atoms. The third kappa shape index (κ3) is 2.54. The molecule has 0 aromatic carbocycles.